The molecule has 106 valence electrons. The standard InChI is InChI=1S/C16H21N3O/c1-17-14-11-7-3-6-10-13(14)16-18-15(19-20-16)12-8-4-2-5-9-12/h2,4-5,8-9,13-14,17H,3,6-7,10-11H2,1H3. The van der Waals surface area contributed by atoms with E-state index in [0.29, 0.717) is 17.8 Å². The summed E-state index contributed by atoms with van der Waals surface area (Å²) >= 11 is 0. The molecule has 0 amide bonds. The molecule has 0 bridgehead atoms. The highest BCUT2D eigenvalue weighted by Gasteiger charge is 2.28. The van der Waals surface area contributed by atoms with Crippen molar-refractivity contribution in [3.8, 4) is 11.4 Å². The zero-order valence-electron chi connectivity index (χ0n) is 11.9. The molecule has 1 aromatic carbocycles. The lowest BCUT2D eigenvalue weighted by Crippen LogP contribution is -2.31. The molecule has 4 nitrogen and oxygen atoms in total. The van der Waals surface area contributed by atoms with E-state index >= 15 is 0 Å². The quantitative estimate of drug-likeness (QED) is 0.870. The fourth-order valence-corrected chi connectivity index (χ4v) is 3.04. The van der Waals surface area contributed by atoms with Crippen LogP contribution in [0.5, 0.6) is 0 Å². The summed E-state index contributed by atoms with van der Waals surface area (Å²) in [5.41, 5.74) is 1.01. The highest BCUT2D eigenvalue weighted by molar-refractivity contribution is 5.53. The second-order valence-corrected chi connectivity index (χ2v) is 5.46. The van der Waals surface area contributed by atoms with Crippen molar-refractivity contribution >= 4 is 0 Å². The first kappa shape index (κ1) is 13.3. The maximum absolute atomic E-state index is 5.55. The van der Waals surface area contributed by atoms with Gasteiger partial charge in [0.2, 0.25) is 11.7 Å². The van der Waals surface area contributed by atoms with Crippen LogP contribution in [0.3, 0.4) is 0 Å². The highest BCUT2D eigenvalue weighted by Crippen LogP contribution is 2.32. The normalized spacial score (nSPS) is 23.4. The summed E-state index contributed by atoms with van der Waals surface area (Å²) in [7, 11) is 2.03. The van der Waals surface area contributed by atoms with Gasteiger partial charge < -0.3 is 9.84 Å². The number of likely N-dealkylation sites (N-methyl/N-ethyl adjacent to an activating group) is 1. The van der Waals surface area contributed by atoms with Crippen LogP contribution in [0.1, 0.15) is 43.9 Å². The smallest absolute Gasteiger partial charge is 0.231 e. The van der Waals surface area contributed by atoms with Gasteiger partial charge in [-0.1, -0.05) is 54.8 Å². The average molecular weight is 271 g/mol. The number of hydrogen-bond donors (Lipinski definition) is 1. The Bertz CT molecular complexity index is 538. The molecular formula is C16H21N3O. The Morgan fingerprint density at radius 2 is 1.90 bits per heavy atom. The number of nitrogens with one attached hydrogen (secondary N) is 1. The minimum Gasteiger partial charge on any atom is -0.339 e. The second kappa shape index (κ2) is 6.18. The van der Waals surface area contributed by atoms with Crippen LogP contribution in [0.15, 0.2) is 34.9 Å². The highest BCUT2D eigenvalue weighted by atomic mass is 16.5. The van der Waals surface area contributed by atoms with Crippen molar-refractivity contribution in [3.63, 3.8) is 0 Å². The van der Waals surface area contributed by atoms with E-state index in [2.05, 4.69) is 15.5 Å². The van der Waals surface area contributed by atoms with Gasteiger partial charge in [0.05, 0.1) is 5.92 Å². The minimum atomic E-state index is 0.340. The predicted molar refractivity (Wildman–Crippen MR) is 78.4 cm³/mol. The van der Waals surface area contributed by atoms with Crippen LogP contribution in [0.25, 0.3) is 11.4 Å². The van der Waals surface area contributed by atoms with Gasteiger partial charge in [-0.25, -0.2) is 0 Å². The predicted octanol–water partition coefficient (Wildman–Crippen LogP) is 3.37. The lowest BCUT2D eigenvalue weighted by atomic mass is 9.95. The van der Waals surface area contributed by atoms with Crippen LogP contribution >= 0.6 is 0 Å². The summed E-state index contributed by atoms with van der Waals surface area (Å²) in [6.45, 7) is 0. The molecule has 0 saturated heterocycles. The van der Waals surface area contributed by atoms with Crippen LogP contribution < -0.4 is 5.32 Å². The number of hydrogen-bond acceptors (Lipinski definition) is 4. The summed E-state index contributed by atoms with van der Waals surface area (Å²) in [4.78, 5) is 4.63. The third-order valence-corrected chi connectivity index (χ3v) is 4.18. The van der Waals surface area contributed by atoms with Gasteiger partial charge in [-0.05, 0) is 19.9 Å². The zero-order chi connectivity index (χ0) is 13.8. The van der Waals surface area contributed by atoms with Gasteiger partial charge in [-0.2, -0.15) is 4.98 Å². The Hall–Kier alpha value is -1.68. The number of aromatic nitrogens is 2. The maximum Gasteiger partial charge on any atom is 0.231 e. The third kappa shape index (κ3) is 2.75. The van der Waals surface area contributed by atoms with Crippen molar-refractivity contribution in [3.05, 3.63) is 36.2 Å². The second-order valence-electron chi connectivity index (χ2n) is 5.46. The lowest BCUT2D eigenvalue weighted by Gasteiger charge is -2.20. The molecule has 0 radical (unpaired) electrons. The van der Waals surface area contributed by atoms with Gasteiger partial charge in [0.15, 0.2) is 0 Å². The minimum absolute atomic E-state index is 0.340. The van der Waals surface area contributed by atoms with Gasteiger partial charge in [0.25, 0.3) is 0 Å². The molecule has 1 fully saturated rings. The maximum atomic E-state index is 5.55. The summed E-state index contributed by atoms with van der Waals surface area (Å²) in [5, 5.41) is 7.56. The average Bonchev–Trinajstić information content (AvgIpc) is 2.87. The van der Waals surface area contributed by atoms with Gasteiger partial charge in [-0.3, -0.25) is 0 Å². The van der Waals surface area contributed by atoms with E-state index in [0.717, 1.165) is 17.9 Å². The number of benzene rings is 1. The molecule has 0 spiro atoms. The van der Waals surface area contributed by atoms with Crippen LogP contribution in [0.4, 0.5) is 0 Å². The molecule has 2 atom stereocenters. The molecule has 3 rings (SSSR count). The lowest BCUT2D eigenvalue weighted by molar-refractivity contribution is 0.311. The molecular weight excluding hydrogens is 250 g/mol. The van der Waals surface area contributed by atoms with Crippen molar-refractivity contribution in [1.82, 2.24) is 15.5 Å². The van der Waals surface area contributed by atoms with E-state index < -0.39 is 0 Å². The van der Waals surface area contributed by atoms with E-state index in [9.17, 15) is 0 Å². The molecule has 1 aliphatic rings. The van der Waals surface area contributed by atoms with E-state index in [1.165, 1.54) is 25.7 Å². The monoisotopic (exact) mass is 271 g/mol. The van der Waals surface area contributed by atoms with Gasteiger partial charge in [0, 0.05) is 11.6 Å². The first-order chi connectivity index (χ1) is 9.88. The summed E-state index contributed by atoms with van der Waals surface area (Å²) in [6.07, 6.45) is 6.13. The van der Waals surface area contributed by atoms with Crippen LogP contribution in [0, 0.1) is 0 Å². The largest absolute Gasteiger partial charge is 0.339 e. The molecule has 4 heteroatoms. The van der Waals surface area contributed by atoms with Crippen LogP contribution in [0.2, 0.25) is 0 Å². The van der Waals surface area contributed by atoms with Gasteiger partial charge in [-0.15, -0.1) is 0 Å². The van der Waals surface area contributed by atoms with Crippen LogP contribution in [-0.2, 0) is 0 Å². The topological polar surface area (TPSA) is 51.0 Å². The van der Waals surface area contributed by atoms with Crippen molar-refractivity contribution in [1.29, 1.82) is 0 Å². The van der Waals surface area contributed by atoms with E-state index in [1.54, 1.807) is 0 Å². The summed E-state index contributed by atoms with van der Waals surface area (Å²) < 4.78 is 5.55. The Balaban J connectivity index is 1.85. The molecule has 1 heterocycles. The van der Waals surface area contributed by atoms with Crippen LogP contribution in [-0.4, -0.2) is 23.2 Å². The number of nitrogens with zero attached hydrogens (tertiary/aromatic N) is 2. The van der Waals surface area contributed by atoms with Gasteiger partial charge >= 0.3 is 0 Å². The third-order valence-electron chi connectivity index (χ3n) is 4.18. The molecule has 1 saturated carbocycles. The van der Waals surface area contributed by atoms with Crippen molar-refractivity contribution in [2.24, 2.45) is 0 Å². The van der Waals surface area contributed by atoms with Crippen molar-refractivity contribution < 1.29 is 4.52 Å². The van der Waals surface area contributed by atoms with E-state index in [-0.39, 0.29) is 0 Å². The van der Waals surface area contributed by atoms with Gasteiger partial charge in [0.1, 0.15) is 0 Å². The molecule has 20 heavy (non-hydrogen) atoms. The Morgan fingerprint density at radius 1 is 1.10 bits per heavy atom. The van der Waals surface area contributed by atoms with Crippen molar-refractivity contribution in [2.45, 2.75) is 44.1 Å². The summed E-state index contributed by atoms with van der Waals surface area (Å²) in [6, 6.07) is 10.4. The SMILES string of the molecule is CNC1CCCCCC1c1nc(-c2ccccc2)no1. The molecule has 2 aromatic rings. The molecule has 1 N–H and O–H groups in total. The fraction of sp³-hybridized carbons (Fsp3) is 0.500. The fourth-order valence-electron chi connectivity index (χ4n) is 3.04. The first-order valence-corrected chi connectivity index (χ1v) is 7.45. The Kier molecular flexibility index (Phi) is 4.11. The Labute approximate surface area is 119 Å². The molecule has 1 aromatic heterocycles. The van der Waals surface area contributed by atoms with E-state index in [1.807, 2.05) is 37.4 Å². The van der Waals surface area contributed by atoms with Crippen molar-refractivity contribution in [2.75, 3.05) is 7.05 Å². The summed E-state index contributed by atoms with van der Waals surface area (Å²) in [5.74, 6) is 1.82. The molecule has 0 aliphatic heterocycles. The Morgan fingerprint density at radius 3 is 2.70 bits per heavy atom. The number of rotatable bonds is 3. The first-order valence-electron chi connectivity index (χ1n) is 7.45. The molecule has 1 aliphatic carbocycles. The van der Waals surface area contributed by atoms with E-state index in [4.69, 9.17) is 4.52 Å². The molecule has 2 unspecified atom stereocenters. The zero-order valence-corrected chi connectivity index (χ0v) is 11.9.